The molecular weight excluding hydrogens is 404 g/mol. The lowest BCUT2D eigenvalue weighted by Gasteiger charge is -2.11. The average molecular weight is 419 g/mol. The Morgan fingerprint density at radius 2 is 1.93 bits per heavy atom. The molecule has 2 aromatic heterocycles. The van der Waals surface area contributed by atoms with Gasteiger partial charge in [0.05, 0.1) is 17.1 Å². The van der Waals surface area contributed by atoms with Crippen LogP contribution in [0, 0.1) is 6.92 Å². The lowest BCUT2D eigenvalue weighted by Crippen LogP contribution is -2.21. The lowest BCUT2D eigenvalue weighted by atomic mass is 10.3. The minimum absolute atomic E-state index is 0.0419. The summed E-state index contributed by atoms with van der Waals surface area (Å²) in [5.41, 5.74) is 1.12. The largest absolute Gasteiger partial charge is 0.451 e. The quantitative estimate of drug-likeness (QED) is 0.584. The Balaban J connectivity index is 1.61. The molecular formula is C19H15F2N3O4S. The van der Waals surface area contributed by atoms with Gasteiger partial charge in [-0.1, -0.05) is 18.2 Å². The predicted octanol–water partition coefficient (Wildman–Crippen LogP) is 3.91. The number of alkyl halides is 2. The summed E-state index contributed by atoms with van der Waals surface area (Å²) in [7, 11) is 0. The number of nitrogens with one attached hydrogen (secondary N) is 1. The number of aromatic nitrogens is 2. The van der Waals surface area contributed by atoms with Crippen LogP contribution < -0.4 is 10.1 Å². The molecule has 3 aromatic rings. The summed E-state index contributed by atoms with van der Waals surface area (Å²) in [6.45, 7) is -1.98. The molecule has 0 saturated heterocycles. The van der Waals surface area contributed by atoms with Gasteiger partial charge in [-0.3, -0.25) is 9.78 Å². The van der Waals surface area contributed by atoms with Gasteiger partial charge in [-0.15, -0.1) is 11.3 Å². The number of amides is 1. The summed E-state index contributed by atoms with van der Waals surface area (Å²) < 4.78 is 34.2. The molecule has 3 rings (SSSR count). The number of rotatable bonds is 7. The van der Waals surface area contributed by atoms with Gasteiger partial charge in [0, 0.05) is 6.20 Å². The maximum Gasteiger partial charge on any atom is 0.387 e. The Hall–Kier alpha value is -3.40. The zero-order valence-electron chi connectivity index (χ0n) is 15.1. The van der Waals surface area contributed by atoms with E-state index in [0.29, 0.717) is 16.4 Å². The van der Waals surface area contributed by atoms with E-state index >= 15 is 0 Å². The van der Waals surface area contributed by atoms with Crippen LogP contribution in [0.1, 0.15) is 15.4 Å². The third-order valence-electron chi connectivity index (χ3n) is 3.58. The van der Waals surface area contributed by atoms with Crippen molar-refractivity contribution in [3.05, 3.63) is 59.2 Å². The number of anilines is 1. The van der Waals surface area contributed by atoms with Crippen LogP contribution in [-0.2, 0) is 9.53 Å². The second-order valence-corrected chi connectivity index (χ2v) is 6.65. The highest BCUT2D eigenvalue weighted by molar-refractivity contribution is 7.17. The van der Waals surface area contributed by atoms with E-state index in [0.717, 1.165) is 11.3 Å². The number of carbonyl (C=O) groups is 2. The van der Waals surface area contributed by atoms with Gasteiger partial charge in [0.15, 0.2) is 6.61 Å². The zero-order chi connectivity index (χ0) is 20.8. The molecule has 0 saturated carbocycles. The third-order valence-corrected chi connectivity index (χ3v) is 4.74. The van der Waals surface area contributed by atoms with Crippen molar-refractivity contribution in [2.24, 2.45) is 0 Å². The standard InChI is InChI=1S/C19H15F2N3O4S/c1-11-16(29-17(23-11)13-7-4-5-9-22-13)18(26)27-10-15(25)24-12-6-2-3-8-14(12)28-19(20)21/h2-9,19H,10H2,1H3,(H,24,25). The van der Waals surface area contributed by atoms with Gasteiger partial charge in [-0.25, -0.2) is 9.78 Å². The molecule has 0 aliphatic heterocycles. The number of ether oxygens (including phenoxy) is 2. The molecule has 7 nitrogen and oxygen atoms in total. The molecule has 0 atom stereocenters. The molecule has 29 heavy (non-hydrogen) atoms. The fourth-order valence-corrected chi connectivity index (χ4v) is 3.27. The summed E-state index contributed by atoms with van der Waals surface area (Å²) in [6.07, 6.45) is 1.62. The second kappa shape index (κ2) is 9.20. The van der Waals surface area contributed by atoms with Gasteiger partial charge < -0.3 is 14.8 Å². The first-order chi connectivity index (χ1) is 13.9. The normalized spacial score (nSPS) is 10.6. The minimum atomic E-state index is -3.03. The molecule has 0 fully saturated rings. The van der Waals surface area contributed by atoms with Gasteiger partial charge in [-0.05, 0) is 31.2 Å². The molecule has 10 heteroatoms. The molecule has 2 heterocycles. The van der Waals surface area contributed by atoms with E-state index < -0.39 is 25.1 Å². The number of aryl methyl sites for hydroxylation is 1. The highest BCUT2D eigenvalue weighted by Crippen LogP contribution is 2.27. The van der Waals surface area contributed by atoms with E-state index in [1.807, 2.05) is 0 Å². The van der Waals surface area contributed by atoms with Crippen LogP contribution in [0.3, 0.4) is 0 Å². The van der Waals surface area contributed by atoms with Crippen LogP contribution >= 0.6 is 11.3 Å². The number of nitrogens with zero attached hydrogens (tertiary/aromatic N) is 2. The Bertz CT molecular complexity index is 1010. The highest BCUT2D eigenvalue weighted by Gasteiger charge is 2.19. The van der Waals surface area contributed by atoms with Gasteiger partial charge >= 0.3 is 12.6 Å². The highest BCUT2D eigenvalue weighted by atomic mass is 32.1. The molecule has 0 radical (unpaired) electrons. The van der Waals surface area contributed by atoms with Crippen LogP contribution in [0.2, 0.25) is 0 Å². The third kappa shape index (κ3) is 5.32. The fraction of sp³-hybridized carbons (Fsp3) is 0.158. The Morgan fingerprint density at radius 3 is 2.66 bits per heavy atom. The first kappa shape index (κ1) is 20.3. The number of halogens is 2. The van der Waals surface area contributed by atoms with E-state index in [1.165, 1.54) is 18.2 Å². The maximum atomic E-state index is 12.4. The monoisotopic (exact) mass is 419 g/mol. The average Bonchev–Trinajstić information content (AvgIpc) is 3.10. The number of benzene rings is 1. The Labute approximate surface area is 168 Å². The molecule has 1 amide bonds. The number of hydrogen-bond donors (Lipinski definition) is 1. The smallest absolute Gasteiger partial charge is 0.387 e. The van der Waals surface area contributed by atoms with Crippen molar-refractivity contribution in [3.8, 4) is 16.5 Å². The number of thiazole rings is 1. The number of hydrogen-bond acceptors (Lipinski definition) is 7. The van der Waals surface area contributed by atoms with E-state index in [4.69, 9.17) is 4.74 Å². The number of esters is 1. The Morgan fingerprint density at radius 1 is 1.17 bits per heavy atom. The van der Waals surface area contributed by atoms with Crippen LogP contribution in [0.15, 0.2) is 48.7 Å². The van der Waals surface area contributed by atoms with Crippen LogP contribution in [0.5, 0.6) is 5.75 Å². The molecule has 0 unspecified atom stereocenters. The molecule has 0 bridgehead atoms. The van der Waals surface area contributed by atoms with Crippen LogP contribution in [0.25, 0.3) is 10.7 Å². The van der Waals surface area contributed by atoms with Gasteiger partial charge in [0.25, 0.3) is 5.91 Å². The molecule has 1 N–H and O–H groups in total. The predicted molar refractivity (Wildman–Crippen MR) is 102 cm³/mol. The van der Waals surface area contributed by atoms with Crippen molar-refractivity contribution >= 4 is 28.9 Å². The lowest BCUT2D eigenvalue weighted by molar-refractivity contribution is -0.119. The van der Waals surface area contributed by atoms with Crippen molar-refractivity contribution in [1.29, 1.82) is 0 Å². The van der Waals surface area contributed by atoms with Crippen LogP contribution in [0.4, 0.5) is 14.5 Å². The second-order valence-electron chi connectivity index (χ2n) is 5.65. The topological polar surface area (TPSA) is 90.4 Å². The first-order valence-corrected chi connectivity index (χ1v) is 9.15. The molecule has 0 aliphatic carbocycles. The number of carbonyl (C=O) groups excluding carboxylic acids is 2. The maximum absolute atomic E-state index is 12.4. The van der Waals surface area contributed by atoms with Gasteiger partial charge in [-0.2, -0.15) is 8.78 Å². The minimum Gasteiger partial charge on any atom is -0.451 e. The summed E-state index contributed by atoms with van der Waals surface area (Å²) in [6, 6.07) is 11.0. The van der Waals surface area contributed by atoms with E-state index in [1.54, 1.807) is 37.4 Å². The molecule has 150 valence electrons. The molecule has 0 aliphatic rings. The van der Waals surface area contributed by atoms with Gasteiger partial charge in [0.2, 0.25) is 0 Å². The van der Waals surface area contributed by atoms with Crippen molar-refractivity contribution in [2.75, 3.05) is 11.9 Å². The van der Waals surface area contributed by atoms with Crippen molar-refractivity contribution in [3.63, 3.8) is 0 Å². The van der Waals surface area contributed by atoms with Gasteiger partial charge in [0.1, 0.15) is 15.6 Å². The van der Waals surface area contributed by atoms with E-state index in [2.05, 4.69) is 20.0 Å². The van der Waals surface area contributed by atoms with Crippen molar-refractivity contribution < 1.29 is 27.8 Å². The van der Waals surface area contributed by atoms with E-state index in [9.17, 15) is 18.4 Å². The molecule has 1 aromatic carbocycles. The SMILES string of the molecule is Cc1nc(-c2ccccn2)sc1C(=O)OCC(=O)Nc1ccccc1OC(F)F. The molecule has 0 spiro atoms. The van der Waals surface area contributed by atoms with Crippen LogP contribution in [-0.4, -0.2) is 35.1 Å². The summed E-state index contributed by atoms with van der Waals surface area (Å²) in [5.74, 6) is -1.61. The number of para-hydroxylation sites is 2. The fourth-order valence-electron chi connectivity index (χ4n) is 2.34. The summed E-state index contributed by atoms with van der Waals surface area (Å²) in [5, 5.41) is 2.92. The zero-order valence-corrected chi connectivity index (χ0v) is 15.9. The first-order valence-electron chi connectivity index (χ1n) is 8.33. The van der Waals surface area contributed by atoms with Crippen molar-refractivity contribution in [1.82, 2.24) is 9.97 Å². The van der Waals surface area contributed by atoms with E-state index in [-0.39, 0.29) is 16.3 Å². The van der Waals surface area contributed by atoms with Crippen molar-refractivity contribution in [2.45, 2.75) is 13.5 Å². The number of pyridine rings is 1. The summed E-state index contributed by atoms with van der Waals surface area (Å²) >= 11 is 1.10. The summed E-state index contributed by atoms with van der Waals surface area (Å²) in [4.78, 5) is 33.1. The Kier molecular flexibility index (Phi) is 6.45.